The van der Waals surface area contributed by atoms with E-state index in [0.29, 0.717) is 12.6 Å². The number of benzene rings is 1. The van der Waals surface area contributed by atoms with Gasteiger partial charge in [-0.25, -0.2) is 0 Å². The van der Waals surface area contributed by atoms with Crippen molar-refractivity contribution in [1.29, 1.82) is 0 Å². The average Bonchev–Trinajstić information content (AvgIpc) is 2.33. The molecule has 2 nitrogen and oxygen atoms in total. The Morgan fingerprint density at radius 2 is 2.00 bits per heavy atom. The molecule has 0 amide bonds. The third-order valence-corrected chi connectivity index (χ3v) is 4.34. The highest BCUT2D eigenvalue weighted by Gasteiger charge is 2.18. The Morgan fingerprint density at radius 1 is 1.31 bits per heavy atom. The van der Waals surface area contributed by atoms with E-state index >= 15 is 0 Å². The minimum absolute atomic E-state index is 0.636. The molecule has 1 unspecified atom stereocenters. The molecule has 0 radical (unpaired) electrons. The predicted molar refractivity (Wildman–Crippen MR) is 71.5 cm³/mol. The van der Waals surface area contributed by atoms with Gasteiger partial charge in [0.05, 0.1) is 0 Å². The van der Waals surface area contributed by atoms with Crippen LogP contribution in [0, 0.1) is 0 Å². The van der Waals surface area contributed by atoms with Gasteiger partial charge < -0.3 is 5.73 Å². The Morgan fingerprint density at radius 3 is 2.62 bits per heavy atom. The smallest absolute Gasteiger partial charge is 0.0237 e. The lowest BCUT2D eigenvalue weighted by Gasteiger charge is -2.32. The van der Waals surface area contributed by atoms with E-state index in [0.717, 1.165) is 6.54 Å². The van der Waals surface area contributed by atoms with Gasteiger partial charge in [0, 0.05) is 37.2 Å². The van der Waals surface area contributed by atoms with Crippen molar-refractivity contribution in [3.63, 3.8) is 0 Å². The van der Waals surface area contributed by atoms with Crippen molar-refractivity contribution in [1.82, 2.24) is 4.90 Å². The van der Waals surface area contributed by atoms with E-state index in [-0.39, 0.29) is 0 Å². The van der Waals surface area contributed by atoms with Gasteiger partial charge in [-0.3, -0.25) is 4.90 Å². The summed E-state index contributed by atoms with van der Waals surface area (Å²) in [5, 5.41) is 0. The summed E-state index contributed by atoms with van der Waals surface area (Å²) in [6.07, 6.45) is 0. The molecular formula is C13H20N2S. The van der Waals surface area contributed by atoms with Crippen LogP contribution < -0.4 is 5.73 Å². The van der Waals surface area contributed by atoms with Gasteiger partial charge in [0.1, 0.15) is 0 Å². The van der Waals surface area contributed by atoms with Crippen molar-refractivity contribution in [2.75, 3.05) is 18.1 Å². The average molecular weight is 236 g/mol. The highest BCUT2D eigenvalue weighted by molar-refractivity contribution is 7.99. The fraction of sp³-hybridized carbons (Fsp3) is 0.538. The zero-order chi connectivity index (χ0) is 11.4. The molecular weight excluding hydrogens is 216 g/mol. The summed E-state index contributed by atoms with van der Waals surface area (Å²) in [5.41, 5.74) is 8.21. The van der Waals surface area contributed by atoms with Crippen molar-refractivity contribution in [3.8, 4) is 0 Å². The van der Waals surface area contributed by atoms with E-state index in [9.17, 15) is 0 Å². The molecule has 3 heteroatoms. The molecule has 0 spiro atoms. The molecule has 1 aromatic rings. The molecule has 0 aromatic heterocycles. The molecule has 1 aromatic carbocycles. The van der Waals surface area contributed by atoms with Gasteiger partial charge in [-0.15, -0.1) is 0 Å². The Balaban J connectivity index is 1.96. The molecule has 2 rings (SSSR count). The Kier molecular flexibility index (Phi) is 4.27. The van der Waals surface area contributed by atoms with Crippen LogP contribution in [0.15, 0.2) is 24.3 Å². The Labute approximate surface area is 102 Å². The maximum absolute atomic E-state index is 5.59. The summed E-state index contributed by atoms with van der Waals surface area (Å²) in [5.74, 6) is 2.53. The van der Waals surface area contributed by atoms with Gasteiger partial charge >= 0.3 is 0 Å². The van der Waals surface area contributed by atoms with Crippen LogP contribution in [-0.2, 0) is 13.1 Å². The standard InChI is InChI=1S/C13H20N2S/c1-11-10-16-7-6-15(11)9-13-4-2-12(8-14)3-5-13/h2-5,11H,6-10,14H2,1H3. The molecule has 0 bridgehead atoms. The highest BCUT2D eigenvalue weighted by atomic mass is 32.2. The second kappa shape index (κ2) is 5.71. The molecule has 1 heterocycles. The SMILES string of the molecule is CC1CSCCN1Cc1ccc(CN)cc1. The van der Waals surface area contributed by atoms with Crippen LogP contribution >= 0.6 is 11.8 Å². The summed E-state index contributed by atoms with van der Waals surface area (Å²) in [7, 11) is 0. The van der Waals surface area contributed by atoms with Crippen molar-refractivity contribution >= 4 is 11.8 Å². The Bertz CT molecular complexity index is 323. The lowest BCUT2D eigenvalue weighted by Crippen LogP contribution is -2.39. The van der Waals surface area contributed by atoms with E-state index in [1.807, 2.05) is 0 Å². The van der Waals surface area contributed by atoms with E-state index in [1.54, 1.807) is 0 Å². The predicted octanol–water partition coefficient (Wildman–Crippen LogP) is 2.08. The summed E-state index contributed by atoms with van der Waals surface area (Å²) in [6.45, 7) is 5.24. The summed E-state index contributed by atoms with van der Waals surface area (Å²) >= 11 is 2.07. The fourth-order valence-corrected chi connectivity index (χ4v) is 3.09. The third kappa shape index (κ3) is 3.00. The molecule has 88 valence electrons. The highest BCUT2D eigenvalue weighted by Crippen LogP contribution is 2.18. The monoisotopic (exact) mass is 236 g/mol. The third-order valence-electron chi connectivity index (χ3n) is 3.15. The first kappa shape index (κ1) is 12.0. The van der Waals surface area contributed by atoms with Crippen molar-refractivity contribution in [2.45, 2.75) is 26.1 Å². The molecule has 1 saturated heterocycles. The minimum Gasteiger partial charge on any atom is -0.326 e. The zero-order valence-electron chi connectivity index (χ0n) is 9.86. The number of rotatable bonds is 3. The maximum atomic E-state index is 5.59. The van der Waals surface area contributed by atoms with Crippen LogP contribution in [0.3, 0.4) is 0 Å². The number of thioether (sulfide) groups is 1. The summed E-state index contributed by atoms with van der Waals surface area (Å²) < 4.78 is 0. The Hall–Kier alpha value is -0.510. The van der Waals surface area contributed by atoms with Crippen molar-refractivity contribution < 1.29 is 0 Å². The van der Waals surface area contributed by atoms with Gasteiger partial charge in [0.15, 0.2) is 0 Å². The lowest BCUT2D eigenvalue weighted by molar-refractivity contribution is 0.224. The molecule has 0 saturated carbocycles. The quantitative estimate of drug-likeness (QED) is 0.871. The van der Waals surface area contributed by atoms with Gasteiger partial charge in [0.25, 0.3) is 0 Å². The molecule has 0 aliphatic carbocycles. The maximum Gasteiger partial charge on any atom is 0.0237 e. The molecule has 1 aliphatic heterocycles. The van der Waals surface area contributed by atoms with E-state index in [1.165, 1.54) is 29.2 Å². The largest absolute Gasteiger partial charge is 0.326 e. The van der Waals surface area contributed by atoms with Crippen LogP contribution in [0.25, 0.3) is 0 Å². The zero-order valence-corrected chi connectivity index (χ0v) is 10.7. The van der Waals surface area contributed by atoms with Crippen LogP contribution in [0.1, 0.15) is 18.1 Å². The topological polar surface area (TPSA) is 29.3 Å². The van der Waals surface area contributed by atoms with Crippen LogP contribution in [0.4, 0.5) is 0 Å². The lowest BCUT2D eigenvalue weighted by atomic mass is 10.1. The fourth-order valence-electron chi connectivity index (χ4n) is 2.01. The van der Waals surface area contributed by atoms with E-state index in [2.05, 4.69) is 47.9 Å². The normalized spacial score (nSPS) is 22.2. The molecule has 1 fully saturated rings. The number of hydrogen-bond acceptors (Lipinski definition) is 3. The molecule has 16 heavy (non-hydrogen) atoms. The van der Waals surface area contributed by atoms with Crippen molar-refractivity contribution in [2.24, 2.45) is 5.73 Å². The van der Waals surface area contributed by atoms with Crippen molar-refractivity contribution in [3.05, 3.63) is 35.4 Å². The van der Waals surface area contributed by atoms with Gasteiger partial charge in [-0.05, 0) is 18.1 Å². The first-order valence-corrected chi connectivity index (χ1v) is 7.05. The second-order valence-corrected chi connectivity index (χ2v) is 5.56. The van der Waals surface area contributed by atoms with Gasteiger partial charge in [-0.1, -0.05) is 24.3 Å². The number of nitrogens with zero attached hydrogens (tertiary/aromatic N) is 1. The molecule has 1 aliphatic rings. The second-order valence-electron chi connectivity index (χ2n) is 4.42. The first-order chi connectivity index (χ1) is 7.79. The number of nitrogens with two attached hydrogens (primary N) is 1. The van der Waals surface area contributed by atoms with E-state index in [4.69, 9.17) is 5.73 Å². The van der Waals surface area contributed by atoms with Gasteiger partial charge in [0.2, 0.25) is 0 Å². The summed E-state index contributed by atoms with van der Waals surface area (Å²) in [6, 6.07) is 9.39. The van der Waals surface area contributed by atoms with Crippen LogP contribution in [0.2, 0.25) is 0 Å². The first-order valence-electron chi connectivity index (χ1n) is 5.89. The summed E-state index contributed by atoms with van der Waals surface area (Å²) in [4.78, 5) is 2.56. The molecule has 1 atom stereocenters. The van der Waals surface area contributed by atoms with Crippen LogP contribution in [-0.4, -0.2) is 29.0 Å². The van der Waals surface area contributed by atoms with Gasteiger partial charge in [-0.2, -0.15) is 11.8 Å². The molecule has 2 N–H and O–H groups in total. The minimum atomic E-state index is 0.636. The van der Waals surface area contributed by atoms with Crippen LogP contribution in [0.5, 0.6) is 0 Å². The number of hydrogen-bond donors (Lipinski definition) is 1. The van der Waals surface area contributed by atoms with E-state index < -0.39 is 0 Å².